The van der Waals surface area contributed by atoms with E-state index in [1.807, 2.05) is 38.1 Å². The monoisotopic (exact) mass is 261 g/mol. The molecule has 0 unspecified atom stereocenters. The molecular weight excluding hydrogens is 238 g/mol. The third kappa shape index (κ3) is 4.27. The zero-order valence-corrected chi connectivity index (χ0v) is 11.8. The molecule has 19 heavy (non-hydrogen) atoms. The predicted octanol–water partition coefficient (Wildman–Crippen LogP) is 3.85. The topological polar surface area (TPSA) is 38.3 Å². The number of benzene rings is 1. The number of anilines is 1. The molecule has 0 heterocycles. The van der Waals surface area contributed by atoms with Crippen LogP contribution in [0.2, 0.25) is 0 Å². The van der Waals surface area contributed by atoms with E-state index < -0.39 is 0 Å². The number of hydrogen-bond donors (Lipinski definition) is 1. The average Bonchev–Trinajstić information content (AvgIpc) is 2.89. The van der Waals surface area contributed by atoms with Crippen molar-refractivity contribution in [2.24, 2.45) is 5.92 Å². The molecule has 0 atom stereocenters. The molecule has 0 spiro atoms. The van der Waals surface area contributed by atoms with E-state index in [4.69, 9.17) is 4.74 Å². The first-order valence-electron chi connectivity index (χ1n) is 7.20. The second-order valence-electron chi connectivity index (χ2n) is 5.56. The number of esters is 1. The van der Waals surface area contributed by atoms with E-state index in [-0.39, 0.29) is 12.1 Å². The smallest absolute Gasteiger partial charge is 0.338 e. The highest BCUT2D eigenvalue weighted by molar-refractivity contribution is 5.89. The van der Waals surface area contributed by atoms with Crippen LogP contribution in [0.5, 0.6) is 0 Å². The van der Waals surface area contributed by atoms with E-state index in [1.54, 1.807) is 0 Å². The number of nitrogens with one attached hydrogen (secondary N) is 1. The first-order valence-corrected chi connectivity index (χ1v) is 7.20. The van der Waals surface area contributed by atoms with Crippen molar-refractivity contribution in [2.75, 3.05) is 11.9 Å². The standard InChI is InChI=1S/C16H23NO2/c1-12(2)19-16(18)14-7-9-15(10-8-14)17-11-13-5-3-4-6-13/h7-10,12-13,17H,3-6,11H2,1-2H3. The summed E-state index contributed by atoms with van der Waals surface area (Å²) >= 11 is 0. The SMILES string of the molecule is CC(C)OC(=O)c1ccc(NCC2CCCC2)cc1. The van der Waals surface area contributed by atoms with Crippen molar-refractivity contribution in [1.29, 1.82) is 0 Å². The first kappa shape index (κ1) is 13.9. The molecule has 104 valence electrons. The van der Waals surface area contributed by atoms with Gasteiger partial charge >= 0.3 is 5.97 Å². The molecule has 0 amide bonds. The minimum atomic E-state index is -0.252. The second-order valence-corrected chi connectivity index (χ2v) is 5.56. The molecule has 1 saturated carbocycles. The van der Waals surface area contributed by atoms with Crippen molar-refractivity contribution in [3.05, 3.63) is 29.8 Å². The fraction of sp³-hybridized carbons (Fsp3) is 0.562. The van der Waals surface area contributed by atoms with Gasteiger partial charge in [0.05, 0.1) is 11.7 Å². The predicted molar refractivity (Wildman–Crippen MR) is 77.4 cm³/mol. The maximum Gasteiger partial charge on any atom is 0.338 e. The molecular formula is C16H23NO2. The van der Waals surface area contributed by atoms with Crippen LogP contribution < -0.4 is 5.32 Å². The van der Waals surface area contributed by atoms with Crippen molar-refractivity contribution < 1.29 is 9.53 Å². The van der Waals surface area contributed by atoms with Gasteiger partial charge in [0.25, 0.3) is 0 Å². The van der Waals surface area contributed by atoms with E-state index in [0.29, 0.717) is 5.56 Å². The molecule has 1 fully saturated rings. The highest BCUT2D eigenvalue weighted by Crippen LogP contribution is 2.25. The van der Waals surface area contributed by atoms with Gasteiger partial charge < -0.3 is 10.1 Å². The van der Waals surface area contributed by atoms with Crippen LogP contribution in [-0.4, -0.2) is 18.6 Å². The molecule has 1 aromatic carbocycles. The molecule has 1 N–H and O–H groups in total. The van der Waals surface area contributed by atoms with Gasteiger partial charge in [-0.3, -0.25) is 0 Å². The van der Waals surface area contributed by atoms with Crippen molar-refractivity contribution >= 4 is 11.7 Å². The third-order valence-electron chi connectivity index (χ3n) is 3.53. The van der Waals surface area contributed by atoms with Crippen LogP contribution in [0, 0.1) is 5.92 Å². The van der Waals surface area contributed by atoms with Gasteiger partial charge in [-0.05, 0) is 56.9 Å². The normalized spacial score (nSPS) is 15.7. The van der Waals surface area contributed by atoms with Crippen molar-refractivity contribution in [1.82, 2.24) is 0 Å². The van der Waals surface area contributed by atoms with Crippen LogP contribution in [0.4, 0.5) is 5.69 Å². The molecule has 3 heteroatoms. The first-order chi connectivity index (χ1) is 9.15. The van der Waals surface area contributed by atoms with Gasteiger partial charge in [0.2, 0.25) is 0 Å². The minimum absolute atomic E-state index is 0.0762. The Bertz CT molecular complexity index is 405. The molecule has 0 radical (unpaired) electrons. The van der Waals surface area contributed by atoms with E-state index in [9.17, 15) is 4.79 Å². The highest BCUT2D eigenvalue weighted by Gasteiger charge is 2.14. The summed E-state index contributed by atoms with van der Waals surface area (Å²) in [6.45, 7) is 4.75. The van der Waals surface area contributed by atoms with Crippen LogP contribution in [-0.2, 0) is 4.74 Å². The molecule has 0 aliphatic heterocycles. The van der Waals surface area contributed by atoms with Gasteiger partial charge in [0, 0.05) is 12.2 Å². The van der Waals surface area contributed by atoms with Gasteiger partial charge in [-0.25, -0.2) is 4.79 Å². The maximum absolute atomic E-state index is 11.7. The van der Waals surface area contributed by atoms with Crippen molar-refractivity contribution in [3.63, 3.8) is 0 Å². The zero-order valence-electron chi connectivity index (χ0n) is 11.8. The Morgan fingerprint density at radius 3 is 2.47 bits per heavy atom. The summed E-state index contributed by atoms with van der Waals surface area (Å²) < 4.78 is 5.16. The molecule has 1 aromatic rings. The number of hydrogen-bond acceptors (Lipinski definition) is 3. The van der Waals surface area contributed by atoms with E-state index in [1.165, 1.54) is 25.7 Å². The lowest BCUT2D eigenvalue weighted by molar-refractivity contribution is 0.0378. The summed E-state index contributed by atoms with van der Waals surface area (Å²) in [6, 6.07) is 7.54. The minimum Gasteiger partial charge on any atom is -0.459 e. The third-order valence-corrected chi connectivity index (χ3v) is 3.53. The molecule has 0 bridgehead atoms. The van der Waals surface area contributed by atoms with Crippen LogP contribution in [0.3, 0.4) is 0 Å². The molecule has 2 rings (SSSR count). The Morgan fingerprint density at radius 2 is 1.89 bits per heavy atom. The van der Waals surface area contributed by atoms with Crippen LogP contribution in [0.1, 0.15) is 49.9 Å². The second kappa shape index (κ2) is 6.60. The average molecular weight is 261 g/mol. The zero-order chi connectivity index (χ0) is 13.7. The van der Waals surface area contributed by atoms with Crippen LogP contribution in [0.25, 0.3) is 0 Å². The largest absolute Gasteiger partial charge is 0.459 e. The Hall–Kier alpha value is -1.51. The lowest BCUT2D eigenvalue weighted by Gasteiger charge is -2.12. The summed E-state index contributed by atoms with van der Waals surface area (Å²) in [5, 5.41) is 3.44. The lowest BCUT2D eigenvalue weighted by atomic mass is 10.1. The summed E-state index contributed by atoms with van der Waals surface area (Å²) in [5.74, 6) is 0.558. The van der Waals surface area contributed by atoms with Gasteiger partial charge in [-0.1, -0.05) is 12.8 Å². The number of carbonyl (C=O) groups excluding carboxylic acids is 1. The Labute approximate surface area is 115 Å². The highest BCUT2D eigenvalue weighted by atomic mass is 16.5. The van der Waals surface area contributed by atoms with Crippen LogP contribution in [0.15, 0.2) is 24.3 Å². The summed E-state index contributed by atoms with van der Waals surface area (Å²) in [5.41, 5.74) is 1.69. The molecule has 1 aliphatic carbocycles. The van der Waals surface area contributed by atoms with Gasteiger partial charge in [0.1, 0.15) is 0 Å². The van der Waals surface area contributed by atoms with Gasteiger partial charge in [-0.15, -0.1) is 0 Å². The van der Waals surface area contributed by atoms with E-state index in [0.717, 1.165) is 18.2 Å². The van der Waals surface area contributed by atoms with E-state index in [2.05, 4.69) is 5.32 Å². The number of ether oxygens (including phenoxy) is 1. The molecule has 0 saturated heterocycles. The quantitative estimate of drug-likeness (QED) is 0.818. The van der Waals surface area contributed by atoms with Gasteiger partial charge in [-0.2, -0.15) is 0 Å². The van der Waals surface area contributed by atoms with Gasteiger partial charge in [0.15, 0.2) is 0 Å². The number of carbonyl (C=O) groups is 1. The Balaban J connectivity index is 1.85. The summed E-state index contributed by atoms with van der Waals surface area (Å²) in [7, 11) is 0. The van der Waals surface area contributed by atoms with Crippen molar-refractivity contribution in [2.45, 2.75) is 45.6 Å². The molecule has 3 nitrogen and oxygen atoms in total. The van der Waals surface area contributed by atoms with Crippen molar-refractivity contribution in [3.8, 4) is 0 Å². The summed E-state index contributed by atoms with van der Waals surface area (Å²) in [6.07, 6.45) is 5.34. The molecule has 1 aliphatic rings. The maximum atomic E-state index is 11.7. The molecule has 0 aromatic heterocycles. The summed E-state index contributed by atoms with van der Waals surface area (Å²) in [4.78, 5) is 11.7. The Morgan fingerprint density at radius 1 is 1.26 bits per heavy atom. The van der Waals surface area contributed by atoms with E-state index >= 15 is 0 Å². The fourth-order valence-electron chi connectivity index (χ4n) is 2.48. The van der Waals surface area contributed by atoms with Crippen LogP contribution >= 0.6 is 0 Å². The Kier molecular flexibility index (Phi) is 4.83. The lowest BCUT2D eigenvalue weighted by Crippen LogP contribution is -2.12. The fourth-order valence-corrected chi connectivity index (χ4v) is 2.48. The number of rotatable bonds is 5.